The number of nitrogens with zero attached hydrogens (tertiary/aromatic N) is 3. The van der Waals surface area contributed by atoms with Crippen LogP contribution in [0.25, 0.3) is 0 Å². The molecule has 4 aromatic rings. The number of aromatic nitrogens is 3. The Labute approximate surface area is 178 Å². The molecule has 0 radical (unpaired) electrons. The molecule has 7 nitrogen and oxygen atoms in total. The number of carbonyl (C=O) groups excluding carboxylic acids is 3. The van der Waals surface area contributed by atoms with Crippen LogP contribution in [0.15, 0.2) is 91.0 Å². The van der Waals surface area contributed by atoms with Gasteiger partial charge in [0.25, 0.3) is 0 Å². The Morgan fingerprint density at radius 1 is 0.710 bits per heavy atom. The van der Waals surface area contributed by atoms with Gasteiger partial charge in [-0.2, -0.15) is 0 Å². The van der Waals surface area contributed by atoms with Crippen molar-refractivity contribution >= 4 is 23.2 Å². The highest BCUT2D eigenvalue weighted by molar-refractivity contribution is 6.18. The molecule has 0 unspecified atom stereocenters. The van der Waals surface area contributed by atoms with Crippen LogP contribution in [-0.4, -0.2) is 32.5 Å². The number of anilines is 1. The van der Waals surface area contributed by atoms with E-state index >= 15 is 0 Å². The molecular formula is C24H18N4O3. The smallest absolute Gasteiger partial charge is 0.246 e. The maximum absolute atomic E-state index is 13.2. The molecule has 0 atom stereocenters. The fourth-order valence-electron chi connectivity index (χ4n) is 3.11. The molecule has 1 aromatic heterocycles. The molecule has 0 aliphatic heterocycles. The molecule has 31 heavy (non-hydrogen) atoms. The molecule has 1 amide bonds. The van der Waals surface area contributed by atoms with Gasteiger partial charge in [0.1, 0.15) is 12.2 Å². The largest absolute Gasteiger partial charge is 0.324 e. The lowest BCUT2D eigenvalue weighted by atomic mass is 10.0. The third-order valence-corrected chi connectivity index (χ3v) is 4.59. The molecule has 1 heterocycles. The molecule has 0 spiro atoms. The highest BCUT2D eigenvalue weighted by atomic mass is 16.2. The first kappa shape index (κ1) is 19.9. The second-order valence-corrected chi connectivity index (χ2v) is 6.75. The maximum Gasteiger partial charge on any atom is 0.246 e. The zero-order valence-electron chi connectivity index (χ0n) is 16.4. The molecule has 0 saturated carbocycles. The van der Waals surface area contributed by atoms with Crippen LogP contribution in [0.3, 0.4) is 0 Å². The first-order valence-electron chi connectivity index (χ1n) is 9.61. The summed E-state index contributed by atoms with van der Waals surface area (Å²) in [7, 11) is 0. The predicted molar refractivity (Wildman–Crippen MR) is 115 cm³/mol. The Hall–Kier alpha value is -4.39. The number of benzene rings is 3. The molecule has 0 saturated heterocycles. The van der Waals surface area contributed by atoms with Crippen molar-refractivity contribution in [2.24, 2.45) is 0 Å². The molecule has 0 bridgehead atoms. The van der Waals surface area contributed by atoms with Gasteiger partial charge >= 0.3 is 0 Å². The number of ketones is 2. The van der Waals surface area contributed by atoms with E-state index in [1.807, 2.05) is 6.07 Å². The molecule has 7 heteroatoms. The minimum absolute atomic E-state index is 0.0248. The molecule has 0 aliphatic carbocycles. The number of nitrogens with one attached hydrogen (secondary N) is 1. The molecule has 152 valence electrons. The van der Waals surface area contributed by atoms with Gasteiger partial charge < -0.3 is 5.32 Å². The van der Waals surface area contributed by atoms with Gasteiger partial charge in [0.05, 0.1) is 0 Å². The summed E-state index contributed by atoms with van der Waals surface area (Å²) in [6.07, 6.45) is 0. The Kier molecular flexibility index (Phi) is 5.75. The molecule has 0 fully saturated rings. The number of carbonyl (C=O) groups is 3. The van der Waals surface area contributed by atoms with E-state index in [0.29, 0.717) is 16.8 Å². The van der Waals surface area contributed by atoms with E-state index < -0.39 is 17.5 Å². The summed E-state index contributed by atoms with van der Waals surface area (Å²) in [5.74, 6) is -1.26. The van der Waals surface area contributed by atoms with Crippen LogP contribution >= 0.6 is 0 Å². The number of amides is 1. The first-order chi connectivity index (χ1) is 15.1. The number of hydrogen-bond acceptors (Lipinski definition) is 5. The van der Waals surface area contributed by atoms with Crippen molar-refractivity contribution in [3.05, 3.63) is 114 Å². The van der Waals surface area contributed by atoms with Crippen molar-refractivity contribution in [3.63, 3.8) is 0 Å². The van der Waals surface area contributed by atoms with Gasteiger partial charge in [-0.15, -0.1) is 5.10 Å². The second-order valence-electron chi connectivity index (χ2n) is 6.75. The second kappa shape index (κ2) is 8.96. The van der Waals surface area contributed by atoms with Crippen LogP contribution in [0.4, 0.5) is 5.69 Å². The minimum atomic E-state index is -0.436. The lowest BCUT2D eigenvalue weighted by Crippen LogP contribution is -2.23. The van der Waals surface area contributed by atoms with E-state index in [2.05, 4.69) is 15.6 Å². The van der Waals surface area contributed by atoms with Crippen molar-refractivity contribution in [2.45, 2.75) is 6.54 Å². The highest BCUT2D eigenvalue weighted by Crippen LogP contribution is 2.17. The number of rotatable bonds is 7. The van der Waals surface area contributed by atoms with Crippen molar-refractivity contribution in [1.29, 1.82) is 0 Å². The Morgan fingerprint density at radius 2 is 1.23 bits per heavy atom. The summed E-state index contributed by atoms with van der Waals surface area (Å²) in [6, 6.07) is 26.0. The van der Waals surface area contributed by atoms with Crippen molar-refractivity contribution < 1.29 is 14.4 Å². The van der Waals surface area contributed by atoms with Crippen LogP contribution in [0.2, 0.25) is 0 Å². The summed E-state index contributed by atoms with van der Waals surface area (Å²) in [6.45, 7) is -0.266. The Bertz CT molecular complexity index is 1220. The first-order valence-corrected chi connectivity index (χ1v) is 9.61. The summed E-state index contributed by atoms with van der Waals surface area (Å²) < 4.78 is 1.17. The summed E-state index contributed by atoms with van der Waals surface area (Å²) in [5, 5.41) is 10.7. The van der Waals surface area contributed by atoms with E-state index in [9.17, 15) is 14.4 Å². The van der Waals surface area contributed by atoms with Crippen molar-refractivity contribution in [3.8, 4) is 0 Å². The van der Waals surface area contributed by atoms with E-state index in [1.165, 1.54) is 4.68 Å². The van der Waals surface area contributed by atoms with Gasteiger partial charge in [-0.05, 0) is 12.1 Å². The predicted octanol–water partition coefficient (Wildman–Crippen LogP) is 3.38. The van der Waals surface area contributed by atoms with Crippen LogP contribution in [-0.2, 0) is 11.3 Å². The van der Waals surface area contributed by atoms with Crippen LogP contribution in [0.1, 0.15) is 32.1 Å². The zero-order valence-corrected chi connectivity index (χ0v) is 16.4. The van der Waals surface area contributed by atoms with Gasteiger partial charge in [0.2, 0.25) is 17.5 Å². The van der Waals surface area contributed by atoms with Crippen LogP contribution in [0, 0.1) is 0 Å². The standard InChI is InChI=1S/C24H18N4O3/c29-20(25-19-14-8-3-9-15-19)16-28-22(24(31)18-12-6-2-7-13-18)21(26-27-28)23(30)17-10-4-1-5-11-17/h1-15H,16H2,(H,25,29). The molecule has 0 aliphatic rings. The Balaban J connectivity index is 1.70. The lowest BCUT2D eigenvalue weighted by Gasteiger charge is -2.08. The molecule has 1 N–H and O–H groups in total. The fraction of sp³-hybridized carbons (Fsp3) is 0.0417. The van der Waals surface area contributed by atoms with Gasteiger partial charge in [-0.1, -0.05) is 84.1 Å². The van der Waals surface area contributed by atoms with Gasteiger partial charge in [-0.3, -0.25) is 14.4 Å². The minimum Gasteiger partial charge on any atom is -0.324 e. The van der Waals surface area contributed by atoms with E-state index in [4.69, 9.17) is 0 Å². The van der Waals surface area contributed by atoms with Gasteiger partial charge in [-0.25, -0.2) is 4.68 Å². The third-order valence-electron chi connectivity index (χ3n) is 4.59. The maximum atomic E-state index is 13.2. The normalized spacial score (nSPS) is 10.5. The average Bonchev–Trinajstić information content (AvgIpc) is 3.23. The summed E-state index contributed by atoms with van der Waals surface area (Å²) in [5.41, 5.74) is 1.25. The summed E-state index contributed by atoms with van der Waals surface area (Å²) in [4.78, 5) is 38.8. The van der Waals surface area contributed by atoms with E-state index in [1.54, 1.807) is 84.9 Å². The van der Waals surface area contributed by atoms with E-state index in [-0.39, 0.29) is 17.9 Å². The molecule has 4 rings (SSSR count). The van der Waals surface area contributed by atoms with Crippen molar-refractivity contribution in [1.82, 2.24) is 15.0 Å². The highest BCUT2D eigenvalue weighted by Gasteiger charge is 2.27. The topological polar surface area (TPSA) is 93.9 Å². The number of para-hydroxylation sites is 1. The quantitative estimate of drug-likeness (QED) is 0.472. The lowest BCUT2D eigenvalue weighted by molar-refractivity contribution is -0.116. The SMILES string of the molecule is O=C(Cn1nnc(C(=O)c2ccccc2)c1C(=O)c1ccccc1)Nc1ccccc1. The average molecular weight is 410 g/mol. The number of hydrogen-bond donors (Lipinski definition) is 1. The molecule has 3 aromatic carbocycles. The van der Waals surface area contributed by atoms with Crippen LogP contribution < -0.4 is 5.32 Å². The van der Waals surface area contributed by atoms with Gasteiger partial charge in [0.15, 0.2) is 5.69 Å². The fourth-order valence-corrected chi connectivity index (χ4v) is 3.11. The third kappa shape index (κ3) is 4.45. The monoisotopic (exact) mass is 410 g/mol. The Morgan fingerprint density at radius 3 is 1.81 bits per heavy atom. The van der Waals surface area contributed by atoms with Crippen molar-refractivity contribution in [2.75, 3.05) is 5.32 Å². The van der Waals surface area contributed by atoms with Gasteiger partial charge in [0, 0.05) is 16.8 Å². The molecular weight excluding hydrogens is 392 g/mol. The van der Waals surface area contributed by atoms with Crippen LogP contribution in [0.5, 0.6) is 0 Å². The zero-order chi connectivity index (χ0) is 21.6. The van der Waals surface area contributed by atoms with E-state index in [0.717, 1.165) is 0 Å². The summed E-state index contributed by atoms with van der Waals surface area (Å²) >= 11 is 0.